The zero-order valence-corrected chi connectivity index (χ0v) is 9.55. The quantitative estimate of drug-likeness (QED) is 0.758. The number of ether oxygens (including phenoxy) is 1. The van der Waals surface area contributed by atoms with Crippen LogP contribution < -0.4 is 10.1 Å². The van der Waals surface area contributed by atoms with Gasteiger partial charge in [-0.2, -0.15) is 0 Å². The van der Waals surface area contributed by atoms with Gasteiger partial charge in [0, 0.05) is 0 Å². The van der Waals surface area contributed by atoms with Crippen molar-refractivity contribution in [2.75, 3.05) is 20.2 Å². The lowest BCUT2D eigenvalue weighted by molar-refractivity contribution is 0.369. The van der Waals surface area contributed by atoms with Crippen LogP contribution in [0.5, 0.6) is 5.75 Å². The van der Waals surface area contributed by atoms with Gasteiger partial charge in [0.05, 0.1) is 6.54 Å². The summed E-state index contributed by atoms with van der Waals surface area (Å²) >= 11 is 0. The summed E-state index contributed by atoms with van der Waals surface area (Å²) < 4.78 is 5.51. The van der Waals surface area contributed by atoms with Gasteiger partial charge in [-0.05, 0) is 44.2 Å². The Balaban J connectivity index is 2.48. The molecule has 0 fully saturated rings. The van der Waals surface area contributed by atoms with E-state index < -0.39 is 0 Å². The molecule has 0 amide bonds. The normalized spacial score (nSPS) is 9.27. The summed E-state index contributed by atoms with van der Waals surface area (Å²) in [6.45, 7) is 5.28. The van der Waals surface area contributed by atoms with Crippen LogP contribution in [0.15, 0.2) is 18.2 Å². The molecule has 2 heteroatoms. The molecule has 0 bridgehead atoms. The molecule has 0 saturated carbocycles. The van der Waals surface area contributed by atoms with Crippen LogP contribution in [0.1, 0.15) is 11.1 Å². The summed E-state index contributed by atoms with van der Waals surface area (Å²) in [6.07, 6.45) is 0. The summed E-state index contributed by atoms with van der Waals surface area (Å²) in [7, 11) is 1.87. The summed E-state index contributed by atoms with van der Waals surface area (Å²) in [5, 5.41) is 2.96. The third kappa shape index (κ3) is 4.53. The summed E-state index contributed by atoms with van der Waals surface area (Å²) in [5.74, 6) is 6.78. The molecule has 0 heterocycles. The van der Waals surface area contributed by atoms with Crippen LogP contribution in [0.2, 0.25) is 0 Å². The Morgan fingerprint density at radius 3 is 2.40 bits per heavy atom. The Morgan fingerprint density at radius 2 is 1.80 bits per heavy atom. The van der Waals surface area contributed by atoms with Gasteiger partial charge in [0.2, 0.25) is 0 Å². The summed E-state index contributed by atoms with van der Waals surface area (Å²) in [6, 6.07) is 6.17. The van der Waals surface area contributed by atoms with Crippen molar-refractivity contribution in [3.63, 3.8) is 0 Å². The maximum absolute atomic E-state index is 5.51. The van der Waals surface area contributed by atoms with E-state index in [1.54, 1.807) is 0 Å². The Morgan fingerprint density at radius 1 is 1.13 bits per heavy atom. The number of hydrogen-bond acceptors (Lipinski definition) is 2. The average Bonchev–Trinajstić information content (AvgIpc) is 2.16. The molecule has 1 N–H and O–H groups in total. The van der Waals surface area contributed by atoms with E-state index >= 15 is 0 Å². The maximum Gasteiger partial charge on any atom is 0.149 e. The molecule has 0 aliphatic carbocycles. The fourth-order valence-electron chi connectivity index (χ4n) is 1.34. The van der Waals surface area contributed by atoms with Gasteiger partial charge in [-0.3, -0.25) is 0 Å². The smallest absolute Gasteiger partial charge is 0.149 e. The van der Waals surface area contributed by atoms with E-state index in [-0.39, 0.29) is 0 Å². The maximum atomic E-state index is 5.51. The lowest BCUT2D eigenvalue weighted by atomic mass is 10.1. The summed E-state index contributed by atoms with van der Waals surface area (Å²) in [4.78, 5) is 0. The molecule has 0 radical (unpaired) electrons. The second-order valence-electron chi connectivity index (χ2n) is 3.50. The number of hydrogen-bond donors (Lipinski definition) is 1. The van der Waals surface area contributed by atoms with Crippen LogP contribution in [0.25, 0.3) is 0 Å². The van der Waals surface area contributed by atoms with E-state index in [1.807, 2.05) is 19.2 Å². The van der Waals surface area contributed by atoms with Gasteiger partial charge in [0.1, 0.15) is 12.4 Å². The molecule has 1 aromatic rings. The lowest BCUT2D eigenvalue weighted by Gasteiger charge is -2.04. The largest absolute Gasteiger partial charge is 0.481 e. The van der Waals surface area contributed by atoms with Crippen molar-refractivity contribution < 1.29 is 4.74 Å². The number of benzene rings is 1. The van der Waals surface area contributed by atoms with Crippen molar-refractivity contribution >= 4 is 0 Å². The fraction of sp³-hybridized carbons (Fsp3) is 0.385. The highest BCUT2D eigenvalue weighted by Gasteiger charge is 1.94. The first-order valence-corrected chi connectivity index (χ1v) is 5.04. The molecule has 0 unspecified atom stereocenters. The molecule has 15 heavy (non-hydrogen) atoms. The third-order valence-corrected chi connectivity index (χ3v) is 1.90. The zero-order chi connectivity index (χ0) is 11.1. The molecular weight excluding hydrogens is 186 g/mol. The lowest BCUT2D eigenvalue weighted by Crippen LogP contribution is -2.05. The molecule has 0 aliphatic heterocycles. The van der Waals surface area contributed by atoms with Crippen LogP contribution in [-0.2, 0) is 0 Å². The zero-order valence-electron chi connectivity index (χ0n) is 9.55. The molecular formula is C13H17NO. The van der Waals surface area contributed by atoms with Crippen molar-refractivity contribution in [3.8, 4) is 17.6 Å². The molecule has 0 spiro atoms. The minimum absolute atomic E-state index is 0.449. The van der Waals surface area contributed by atoms with Crippen molar-refractivity contribution in [1.29, 1.82) is 0 Å². The molecule has 0 saturated heterocycles. The fourth-order valence-corrected chi connectivity index (χ4v) is 1.34. The van der Waals surface area contributed by atoms with Crippen LogP contribution in [0.4, 0.5) is 0 Å². The van der Waals surface area contributed by atoms with Gasteiger partial charge in [-0.1, -0.05) is 17.9 Å². The van der Waals surface area contributed by atoms with Gasteiger partial charge in [0.15, 0.2) is 0 Å². The first-order chi connectivity index (χ1) is 7.22. The van der Waals surface area contributed by atoms with Gasteiger partial charge in [-0.25, -0.2) is 0 Å². The van der Waals surface area contributed by atoms with E-state index in [9.17, 15) is 0 Å². The number of rotatable bonds is 3. The molecule has 1 rings (SSSR count). The average molecular weight is 203 g/mol. The van der Waals surface area contributed by atoms with Crippen molar-refractivity contribution in [1.82, 2.24) is 5.32 Å². The van der Waals surface area contributed by atoms with Gasteiger partial charge in [0.25, 0.3) is 0 Å². The molecule has 0 aromatic heterocycles. The minimum atomic E-state index is 0.449. The van der Waals surface area contributed by atoms with E-state index in [0.717, 1.165) is 5.75 Å². The highest BCUT2D eigenvalue weighted by atomic mass is 16.5. The number of nitrogens with one attached hydrogen (secondary N) is 1. The van der Waals surface area contributed by atoms with E-state index in [2.05, 4.69) is 37.1 Å². The minimum Gasteiger partial charge on any atom is -0.481 e. The summed E-state index contributed by atoms with van der Waals surface area (Å²) in [5.41, 5.74) is 2.43. The highest BCUT2D eigenvalue weighted by molar-refractivity contribution is 5.33. The van der Waals surface area contributed by atoms with Crippen LogP contribution >= 0.6 is 0 Å². The topological polar surface area (TPSA) is 21.3 Å². The SMILES string of the molecule is CNCC#CCOc1cc(C)cc(C)c1. The predicted molar refractivity (Wildman–Crippen MR) is 63.1 cm³/mol. The van der Waals surface area contributed by atoms with E-state index in [1.165, 1.54) is 11.1 Å². The standard InChI is InChI=1S/C13H17NO/c1-11-8-12(2)10-13(9-11)15-7-5-4-6-14-3/h8-10,14H,6-7H2,1-3H3. The molecule has 0 aliphatic rings. The molecule has 80 valence electrons. The van der Waals surface area contributed by atoms with Crippen molar-refractivity contribution in [3.05, 3.63) is 29.3 Å². The second kappa shape index (κ2) is 6.10. The van der Waals surface area contributed by atoms with Gasteiger partial charge < -0.3 is 10.1 Å². The molecule has 0 atom stereocenters. The Hall–Kier alpha value is -1.46. The van der Waals surface area contributed by atoms with Crippen LogP contribution in [-0.4, -0.2) is 20.2 Å². The van der Waals surface area contributed by atoms with Crippen LogP contribution in [0.3, 0.4) is 0 Å². The Labute approximate surface area is 91.6 Å². The van der Waals surface area contributed by atoms with Crippen LogP contribution in [0, 0.1) is 25.7 Å². The second-order valence-corrected chi connectivity index (χ2v) is 3.50. The highest BCUT2D eigenvalue weighted by Crippen LogP contribution is 2.15. The van der Waals surface area contributed by atoms with E-state index in [0.29, 0.717) is 13.2 Å². The van der Waals surface area contributed by atoms with E-state index in [4.69, 9.17) is 4.74 Å². The monoisotopic (exact) mass is 203 g/mol. The predicted octanol–water partition coefficient (Wildman–Crippen LogP) is 1.91. The molecule has 2 nitrogen and oxygen atoms in total. The van der Waals surface area contributed by atoms with Gasteiger partial charge in [-0.15, -0.1) is 0 Å². The Kier molecular flexibility index (Phi) is 4.73. The third-order valence-electron chi connectivity index (χ3n) is 1.90. The Bertz CT molecular complexity index is 354. The van der Waals surface area contributed by atoms with Crippen molar-refractivity contribution in [2.45, 2.75) is 13.8 Å². The number of aryl methyl sites for hydroxylation is 2. The molecule has 1 aromatic carbocycles. The van der Waals surface area contributed by atoms with Crippen molar-refractivity contribution in [2.24, 2.45) is 0 Å². The van der Waals surface area contributed by atoms with Gasteiger partial charge >= 0.3 is 0 Å². The first-order valence-electron chi connectivity index (χ1n) is 5.04. The first kappa shape index (κ1) is 11.6.